The molecule has 4 rings (SSSR count). The van der Waals surface area contributed by atoms with Crippen molar-refractivity contribution in [1.82, 2.24) is 9.38 Å². The molecule has 2 aromatic carbocycles. The number of aryl methyl sites for hydroxylation is 1. The Morgan fingerprint density at radius 1 is 1.07 bits per heavy atom. The first kappa shape index (κ1) is 18.0. The molecular weight excluding hydrogens is 370 g/mol. The highest BCUT2D eigenvalue weighted by Crippen LogP contribution is 2.28. The average Bonchev–Trinajstić information content (AvgIpc) is 3.13. The fourth-order valence-electron chi connectivity index (χ4n) is 3.05. The molecule has 138 valence electrons. The number of anilines is 1. The van der Waals surface area contributed by atoms with Gasteiger partial charge in [0.25, 0.3) is 0 Å². The molecule has 0 radical (unpaired) electrons. The molecular formula is C23H18ClN3O. The number of para-hydroxylation sites is 1. The predicted molar refractivity (Wildman–Crippen MR) is 114 cm³/mol. The van der Waals surface area contributed by atoms with E-state index in [2.05, 4.69) is 5.32 Å². The number of rotatable bonds is 4. The van der Waals surface area contributed by atoms with Crippen molar-refractivity contribution >= 4 is 34.9 Å². The van der Waals surface area contributed by atoms with Crippen molar-refractivity contribution in [3.8, 4) is 11.3 Å². The molecule has 28 heavy (non-hydrogen) atoms. The Balaban J connectivity index is 1.62. The van der Waals surface area contributed by atoms with E-state index in [1.54, 1.807) is 12.1 Å². The van der Waals surface area contributed by atoms with Gasteiger partial charge in [0.05, 0.1) is 11.4 Å². The number of hydrogen-bond donors (Lipinski definition) is 1. The van der Waals surface area contributed by atoms with Gasteiger partial charge in [0.1, 0.15) is 5.65 Å². The Morgan fingerprint density at radius 2 is 1.86 bits per heavy atom. The van der Waals surface area contributed by atoms with Gasteiger partial charge in [-0.3, -0.25) is 4.79 Å². The molecule has 4 aromatic rings. The van der Waals surface area contributed by atoms with Gasteiger partial charge < -0.3 is 9.72 Å². The van der Waals surface area contributed by atoms with Crippen molar-refractivity contribution in [1.29, 1.82) is 0 Å². The molecule has 0 spiro atoms. The molecule has 0 saturated carbocycles. The molecule has 0 atom stereocenters. The molecule has 4 nitrogen and oxygen atoms in total. The lowest BCUT2D eigenvalue weighted by Gasteiger charge is -2.07. The summed E-state index contributed by atoms with van der Waals surface area (Å²) in [6, 6.07) is 19.0. The summed E-state index contributed by atoms with van der Waals surface area (Å²) in [5, 5.41) is 3.54. The monoisotopic (exact) mass is 387 g/mol. The maximum Gasteiger partial charge on any atom is 0.248 e. The van der Waals surface area contributed by atoms with Gasteiger partial charge in [-0.25, -0.2) is 4.98 Å². The fraction of sp³-hybridized carbons (Fsp3) is 0.0435. The van der Waals surface area contributed by atoms with Crippen LogP contribution in [0.5, 0.6) is 0 Å². The van der Waals surface area contributed by atoms with E-state index in [9.17, 15) is 4.79 Å². The molecule has 0 fully saturated rings. The predicted octanol–water partition coefficient (Wildman–Crippen LogP) is 5.62. The van der Waals surface area contributed by atoms with Gasteiger partial charge in [-0.05, 0) is 42.3 Å². The van der Waals surface area contributed by atoms with Crippen molar-refractivity contribution in [2.24, 2.45) is 0 Å². The van der Waals surface area contributed by atoms with E-state index in [1.165, 1.54) is 6.08 Å². The van der Waals surface area contributed by atoms with E-state index in [4.69, 9.17) is 16.6 Å². The summed E-state index contributed by atoms with van der Waals surface area (Å²) < 4.78 is 1.99. The van der Waals surface area contributed by atoms with Gasteiger partial charge in [-0.1, -0.05) is 54.1 Å². The van der Waals surface area contributed by atoms with Gasteiger partial charge in [0.15, 0.2) is 0 Å². The van der Waals surface area contributed by atoms with E-state index in [0.29, 0.717) is 10.7 Å². The number of hydrogen-bond acceptors (Lipinski definition) is 2. The number of nitrogens with one attached hydrogen (secondary N) is 1. The molecule has 1 amide bonds. The van der Waals surface area contributed by atoms with Crippen LogP contribution >= 0.6 is 11.6 Å². The zero-order valence-electron chi connectivity index (χ0n) is 15.3. The van der Waals surface area contributed by atoms with Crippen molar-refractivity contribution in [2.75, 3.05) is 5.32 Å². The van der Waals surface area contributed by atoms with E-state index in [0.717, 1.165) is 28.0 Å². The molecule has 2 aromatic heterocycles. The van der Waals surface area contributed by atoms with Crippen LogP contribution in [0.4, 0.5) is 5.69 Å². The first-order valence-electron chi connectivity index (χ1n) is 8.89. The van der Waals surface area contributed by atoms with Gasteiger partial charge >= 0.3 is 0 Å². The Hall–Kier alpha value is -3.37. The highest BCUT2D eigenvalue weighted by atomic mass is 35.5. The highest BCUT2D eigenvalue weighted by Gasteiger charge is 2.11. The number of halogens is 1. The van der Waals surface area contributed by atoms with E-state index < -0.39 is 0 Å². The number of carbonyl (C=O) groups is 1. The number of pyridine rings is 1. The molecule has 0 unspecified atom stereocenters. The Kier molecular flexibility index (Phi) is 4.96. The standard InChI is InChI=1S/C23H18ClN3O/c1-16-7-6-14-27-15-21(26-23(16)27)18-9-3-5-11-20(18)25-22(28)13-12-17-8-2-4-10-19(17)24/h2-15H,1H3,(H,25,28)/b13-12+. The lowest BCUT2D eigenvalue weighted by atomic mass is 10.1. The Labute approximate surface area is 168 Å². The summed E-state index contributed by atoms with van der Waals surface area (Å²) >= 11 is 6.13. The zero-order chi connectivity index (χ0) is 19.5. The van der Waals surface area contributed by atoms with Crippen LogP contribution < -0.4 is 5.32 Å². The molecule has 2 heterocycles. The SMILES string of the molecule is Cc1cccn2cc(-c3ccccc3NC(=O)/C=C/c3ccccc3Cl)nc12. The molecule has 0 bridgehead atoms. The minimum atomic E-state index is -0.229. The molecule has 0 aliphatic carbocycles. The largest absolute Gasteiger partial charge is 0.322 e. The van der Waals surface area contributed by atoms with Gasteiger partial charge in [0, 0.05) is 29.1 Å². The number of nitrogens with zero attached hydrogens (tertiary/aromatic N) is 2. The minimum Gasteiger partial charge on any atom is -0.322 e. The third-order valence-electron chi connectivity index (χ3n) is 4.46. The van der Waals surface area contributed by atoms with Crippen LogP contribution in [-0.2, 0) is 4.79 Å². The second-order valence-corrected chi connectivity index (χ2v) is 6.85. The van der Waals surface area contributed by atoms with Crippen molar-refractivity contribution in [2.45, 2.75) is 6.92 Å². The lowest BCUT2D eigenvalue weighted by molar-refractivity contribution is -0.111. The van der Waals surface area contributed by atoms with Crippen LogP contribution in [0.1, 0.15) is 11.1 Å². The fourth-order valence-corrected chi connectivity index (χ4v) is 3.25. The van der Waals surface area contributed by atoms with E-state index in [1.807, 2.05) is 78.3 Å². The van der Waals surface area contributed by atoms with Crippen molar-refractivity contribution in [3.63, 3.8) is 0 Å². The van der Waals surface area contributed by atoms with Crippen LogP contribution in [-0.4, -0.2) is 15.3 Å². The van der Waals surface area contributed by atoms with Crippen LogP contribution in [0.15, 0.2) is 79.1 Å². The number of amides is 1. The molecule has 0 saturated heterocycles. The van der Waals surface area contributed by atoms with Crippen LogP contribution in [0.25, 0.3) is 23.0 Å². The first-order valence-corrected chi connectivity index (χ1v) is 9.27. The topological polar surface area (TPSA) is 46.4 Å². The number of carbonyl (C=O) groups excluding carboxylic acids is 1. The zero-order valence-corrected chi connectivity index (χ0v) is 16.0. The third-order valence-corrected chi connectivity index (χ3v) is 4.80. The van der Waals surface area contributed by atoms with E-state index in [-0.39, 0.29) is 5.91 Å². The summed E-state index contributed by atoms with van der Waals surface area (Å²) in [6.07, 6.45) is 7.11. The molecule has 1 N–H and O–H groups in total. The Morgan fingerprint density at radius 3 is 2.68 bits per heavy atom. The van der Waals surface area contributed by atoms with Crippen LogP contribution in [0.2, 0.25) is 5.02 Å². The molecule has 0 aliphatic heterocycles. The third kappa shape index (κ3) is 3.68. The smallest absolute Gasteiger partial charge is 0.248 e. The second kappa shape index (κ2) is 7.71. The van der Waals surface area contributed by atoms with Crippen molar-refractivity contribution < 1.29 is 4.79 Å². The summed E-state index contributed by atoms with van der Waals surface area (Å²) in [5.74, 6) is -0.229. The Bertz CT molecular complexity index is 1190. The maximum absolute atomic E-state index is 12.4. The summed E-state index contributed by atoms with van der Waals surface area (Å²) in [5.41, 5.74) is 5.17. The maximum atomic E-state index is 12.4. The van der Waals surface area contributed by atoms with Crippen LogP contribution in [0.3, 0.4) is 0 Å². The summed E-state index contributed by atoms with van der Waals surface area (Å²) in [4.78, 5) is 17.2. The quantitative estimate of drug-likeness (QED) is 0.462. The average molecular weight is 388 g/mol. The van der Waals surface area contributed by atoms with E-state index >= 15 is 0 Å². The normalized spacial score (nSPS) is 11.2. The summed E-state index contributed by atoms with van der Waals surface area (Å²) in [7, 11) is 0. The second-order valence-electron chi connectivity index (χ2n) is 6.44. The molecule has 0 aliphatic rings. The lowest BCUT2D eigenvalue weighted by Crippen LogP contribution is -2.08. The van der Waals surface area contributed by atoms with Crippen molar-refractivity contribution in [3.05, 3.63) is 95.3 Å². The minimum absolute atomic E-state index is 0.229. The number of fused-ring (bicyclic) bond motifs is 1. The molecule has 5 heteroatoms. The van der Waals surface area contributed by atoms with Gasteiger partial charge in [0.2, 0.25) is 5.91 Å². The summed E-state index contributed by atoms with van der Waals surface area (Å²) in [6.45, 7) is 2.03. The van der Waals surface area contributed by atoms with Gasteiger partial charge in [-0.15, -0.1) is 0 Å². The highest BCUT2D eigenvalue weighted by molar-refractivity contribution is 6.32. The number of benzene rings is 2. The number of imidazole rings is 1. The van der Waals surface area contributed by atoms with Crippen LogP contribution in [0, 0.1) is 6.92 Å². The number of aromatic nitrogens is 2. The van der Waals surface area contributed by atoms with Gasteiger partial charge in [-0.2, -0.15) is 0 Å². The first-order chi connectivity index (χ1) is 13.6.